The standard InChI is InChI=1S/C18H14ClNO3/c1-22-15-4-2-12(3-5-15)11-23-16-6-7-17-13(9-16)8-14(10-21)18(19)20-17/h2-10H,11H2,1H3. The summed E-state index contributed by atoms with van der Waals surface area (Å²) < 4.78 is 10.9. The van der Waals surface area contributed by atoms with E-state index in [1.807, 2.05) is 42.5 Å². The Balaban J connectivity index is 1.79. The topological polar surface area (TPSA) is 48.4 Å². The van der Waals surface area contributed by atoms with E-state index in [2.05, 4.69) is 4.98 Å². The van der Waals surface area contributed by atoms with Crippen LogP contribution in [-0.4, -0.2) is 18.4 Å². The number of carbonyl (C=O) groups is 1. The number of hydrogen-bond acceptors (Lipinski definition) is 4. The Morgan fingerprint density at radius 1 is 1.09 bits per heavy atom. The number of methoxy groups -OCH3 is 1. The lowest BCUT2D eigenvalue weighted by Crippen LogP contribution is -1.96. The van der Waals surface area contributed by atoms with Crippen LogP contribution in [0, 0.1) is 0 Å². The average molecular weight is 328 g/mol. The highest BCUT2D eigenvalue weighted by molar-refractivity contribution is 6.32. The normalized spacial score (nSPS) is 10.5. The SMILES string of the molecule is COc1ccc(COc2ccc3nc(Cl)c(C=O)cc3c2)cc1. The minimum Gasteiger partial charge on any atom is -0.497 e. The number of aldehydes is 1. The summed E-state index contributed by atoms with van der Waals surface area (Å²) in [5.74, 6) is 1.51. The fraction of sp³-hybridized carbons (Fsp3) is 0.111. The van der Waals surface area contributed by atoms with Crippen LogP contribution in [0.15, 0.2) is 48.5 Å². The molecule has 116 valence electrons. The number of benzene rings is 2. The molecule has 0 aliphatic heterocycles. The molecule has 23 heavy (non-hydrogen) atoms. The molecule has 0 N–H and O–H groups in total. The molecule has 1 aromatic heterocycles. The maximum absolute atomic E-state index is 11.0. The van der Waals surface area contributed by atoms with Gasteiger partial charge in [0.25, 0.3) is 0 Å². The van der Waals surface area contributed by atoms with Crippen LogP contribution in [0.5, 0.6) is 11.5 Å². The summed E-state index contributed by atoms with van der Waals surface area (Å²) in [7, 11) is 1.63. The zero-order valence-corrected chi connectivity index (χ0v) is 13.2. The number of halogens is 1. The predicted molar refractivity (Wildman–Crippen MR) is 89.5 cm³/mol. The highest BCUT2D eigenvalue weighted by Gasteiger charge is 2.05. The van der Waals surface area contributed by atoms with Gasteiger partial charge in [0.1, 0.15) is 23.3 Å². The third-order valence-corrected chi connectivity index (χ3v) is 3.76. The Hall–Kier alpha value is -2.59. The second-order valence-electron chi connectivity index (χ2n) is 4.98. The third-order valence-electron chi connectivity index (χ3n) is 3.46. The molecule has 0 fully saturated rings. The van der Waals surface area contributed by atoms with Gasteiger partial charge in [-0.05, 0) is 42.0 Å². The van der Waals surface area contributed by atoms with Gasteiger partial charge in [-0.25, -0.2) is 4.98 Å². The lowest BCUT2D eigenvalue weighted by Gasteiger charge is -2.08. The van der Waals surface area contributed by atoms with Gasteiger partial charge >= 0.3 is 0 Å². The number of nitrogens with zero attached hydrogens (tertiary/aromatic N) is 1. The molecule has 0 aliphatic rings. The van der Waals surface area contributed by atoms with Gasteiger partial charge in [0.2, 0.25) is 0 Å². The molecule has 0 unspecified atom stereocenters. The first-order valence-corrected chi connectivity index (χ1v) is 7.38. The minimum atomic E-state index is 0.208. The highest BCUT2D eigenvalue weighted by atomic mass is 35.5. The molecule has 0 aliphatic carbocycles. The Bertz CT molecular complexity index is 847. The van der Waals surface area contributed by atoms with E-state index in [0.29, 0.717) is 24.2 Å². The summed E-state index contributed by atoms with van der Waals surface area (Å²) in [4.78, 5) is 15.1. The fourth-order valence-electron chi connectivity index (χ4n) is 2.21. The minimum absolute atomic E-state index is 0.208. The maximum Gasteiger partial charge on any atom is 0.153 e. The zero-order chi connectivity index (χ0) is 16.2. The average Bonchev–Trinajstić information content (AvgIpc) is 2.59. The van der Waals surface area contributed by atoms with E-state index in [1.54, 1.807) is 13.2 Å². The number of rotatable bonds is 5. The van der Waals surface area contributed by atoms with E-state index in [1.165, 1.54) is 0 Å². The molecule has 0 bridgehead atoms. The molecular formula is C18H14ClNO3. The number of aromatic nitrogens is 1. The summed E-state index contributed by atoms with van der Waals surface area (Å²) in [6.45, 7) is 0.442. The zero-order valence-electron chi connectivity index (χ0n) is 12.5. The first-order valence-electron chi connectivity index (χ1n) is 7.01. The molecule has 5 heteroatoms. The van der Waals surface area contributed by atoms with Crippen LogP contribution in [0.3, 0.4) is 0 Å². The molecule has 3 aromatic rings. The summed E-state index contributed by atoms with van der Waals surface area (Å²) >= 11 is 5.93. The van der Waals surface area contributed by atoms with E-state index in [4.69, 9.17) is 21.1 Å². The fourth-order valence-corrected chi connectivity index (χ4v) is 2.40. The lowest BCUT2D eigenvalue weighted by molar-refractivity contribution is 0.112. The smallest absolute Gasteiger partial charge is 0.153 e. The molecule has 0 atom stereocenters. The summed E-state index contributed by atoms with van der Waals surface area (Å²) in [5, 5.41) is 1.02. The van der Waals surface area contributed by atoms with E-state index in [9.17, 15) is 4.79 Å². The largest absolute Gasteiger partial charge is 0.497 e. The van der Waals surface area contributed by atoms with Crippen LogP contribution in [0.25, 0.3) is 10.9 Å². The van der Waals surface area contributed by atoms with Crippen molar-refractivity contribution >= 4 is 28.8 Å². The van der Waals surface area contributed by atoms with Crippen LogP contribution in [0.1, 0.15) is 15.9 Å². The van der Waals surface area contributed by atoms with Crippen LogP contribution in [0.2, 0.25) is 5.15 Å². The van der Waals surface area contributed by atoms with Gasteiger partial charge in [-0.15, -0.1) is 0 Å². The van der Waals surface area contributed by atoms with Crippen molar-refractivity contribution in [2.45, 2.75) is 6.61 Å². The molecule has 4 nitrogen and oxygen atoms in total. The first-order chi connectivity index (χ1) is 11.2. The van der Waals surface area contributed by atoms with Crippen LogP contribution in [0.4, 0.5) is 0 Å². The number of pyridine rings is 1. The number of fused-ring (bicyclic) bond motifs is 1. The molecule has 0 amide bonds. The monoisotopic (exact) mass is 327 g/mol. The van der Waals surface area contributed by atoms with Gasteiger partial charge in [0, 0.05) is 5.39 Å². The van der Waals surface area contributed by atoms with Crippen LogP contribution >= 0.6 is 11.6 Å². The van der Waals surface area contributed by atoms with Gasteiger partial charge in [-0.2, -0.15) is 0 Å². The maximum atomic E-state index is 11.0. The summed E-state index contributed by atoms with van der Waals surface area (Å²) in [6, 6.07) is 14.9. The molecule has 0 saturated heterocycles. The van der Waals surface area contributed by atoms with E-state index in [-0.39, 0.29) is 5.15 Å². The van der Waals surface area contributed by atoms with Crippen molar-refractivity contribution in [3.63, 3.8) is 0 Å². The van der Waals surface area contributed by atoms with E-state index in [0.717, 1.165) is 22.2 Å². The summed E-state index contributed by atoms with van der Waals surface area (Å²) in [5.41, 5.74) is 2.12. The van der Waals surface area contributed by atoms with E-state index >= 15 is 0 Å². The number of ether oxygens (including phenoxy) is 2. The van der Waals surface area contributed by atoms with Crippen molar-refractivity contribution in [1.82, 2.24) is 4.98 Å². The van der Waals surface area contributed by atoms with Crippen molar-refractivity contribution in [1.29, 1.82) is 0 Å². The second-order valence-corrected chi connectivity index (χ2v) is 5.34. The predicted octanol–water partition coefficient (Wildman–Crippen LogP) is 4.29. The Morgan fingerprint density at radius 2 is 1.83 bits per heavy atom. The van der Waals surface area contributed by atoms with Gasteiger partial charge in [-0.3, -0.25) is 4.79 Å². The van der Waals surface area contributed by atoms with Crippen LogP contribution in [-0.2, 0) is 6.61 Å². The summed E-state index contributed by atoms with van der Waals surface area (Å²) in [6.07, 6.45) is 0.694. The van der Waals surface area contributed by atoms with Crippen molar-refractivity contribution in [3.05, 3.63) is 64.8 Å². The molecule has 3 rings (SSSR count). The molecular weight excluding hydrogens is 314 g/mol. The van der Waals surface area contributed by atoms with Gasteiger partial charge in [0.05, 0.1) is 18.2 Å². The molecule has 2 aromatic carbocycles. The highest BCUT2D eigenvalue weighted by Crippen LogP contribution is 2.24. The molecule has 0 saturated carbocycles. The number of carbonyl (C=O) groups excluding carboxylic acids is 1. The third kappa shape index (κ3) is 3.43. The Labute approximate surface area is 138 Å². The van der Waals surface area contributed by atoms with Crippen molar-refractivity contribution in [3.8, 4) is 11.5 Å². The van der Waals surface area contributed by atoms with Crippen molar-refractivity contribution in [2.24, 2.45) is 0 Å². The van der Waals surface area contributed by atoms with Crippen molar-refractivity contribution in [2.75, 3.05) is 7.11 Å². The quantitative estimate of drug-likeness (QED) is 0.518. The molecule has 0 radical (unpaired) electrons. The number of hydrogen-bond donors (Lipinski definition) is 0. The van der Waals surface area contributed by atoms with E-state index < -0.39 is 0 Å². The van der Waals surface area contributed by atoms with Gasteiger partial charge in [0.15, 0.2) is 6.29 Å². The molecule has 1 heterocycles. The molecule has 0 spiro atoms. The van der Waals surface area contributed by atoms with Crippen molar-refractivity contribution < 1.29 is 14.3 Å². The lowest BCUT2D eigenvalue weighted by atomic mass is 10.1. The Morgan fingerprint density at radius 3 is 2.52 bits per heavy atom. The Kier molecular flexibility index (Phi) is 4.44. The van der Waals surface area contributed by atoms with Crippen LogP contribution < -0.4 is 9.47 Å². The van der Waals surface area contributed by atoms with Gasteiger partial charge < -0.3 is 9.47 Å². The first kappa shape index (κ1) is 15.3. The second kappa shape index (κ2) is 6.67. The van der Waals surface area contributed by atoms with Gasteiger partial charge in [-0.1, -0.05) is 23.7 Å².